The van der Waals surface area contributed by atoms with E-state index in [9.17, 15) is 5.11 Å². The van der Waals surface area contributed by atoms with Gasteiger partial charge in [0, 0.05) is 24.2 Å². The van der Waals surface area contributed by atoms with Gasteiger partial charge in [0.2, 0.25) is 0 Å². The molecule has 4 nitrogen and oxygen atoms in total. The maximum atomic E-state index is 11.2. The summed E-state index contributed by atoms with van der Waals surface area (Å²) in [6.45, 7) is 7.18. The molecule has 134 valence electrons. The van der Waals surface area contributed by atoms with Crippen LogP contribution >= 0.6 is 0 Å². The summed E-state index contributed by atoms with van der Waals surface area (Å²) in [5, 5.41) is 12.2. The molecule has 4 heteroatoms. The SMILES string of the molecule is CCOc1ccc2nccc(C(O)[C@H]3CC4CCN3CC4CC)c2c1. The number of aliphatic hydroxyl groups is 1. The number of piperidine rings is 3. The average molecular weight is 340 g/mol. The van der Waals surface area contributed by atoms with Gasteiger partial charge < -0.3 is 9.84 Å². The summed E-state index contributed by atoms with van der Waals surface area (Å²) in [5.41, 5.74) is 1.90. The van der Waals surface area contributed by atoms with E-state index in [2.05, 4.69) is 16.8 Å². The van der Waals surface area contributed by atoms with Gasteiger partial charge in [0.1, 0.15) is 5.75 Å². The highest BCUT2D eigenvalue weighted by atomic mass is 16.5. The second kappa shape index (κ2) is 6.93. The fraction of sp³-hybridized carbons (Fsp3) is 0.571. The first-order valence-corrected chi connectivity index (χ1v) is 9.64. The molecule has 0 amide bonds. The second-order valence-electron chi connectivity index (χ2n) is 7.47. The molecule has 3 fully saturated rings. The predicted octanol–water partition coefficient (Wildman–Crippen LogP) is 3.79. The Labute approximate surface area is 149 Å². The van der Waals surface area contributed by atoms with Crippen molar-refractivity contribution in [2.75, 3.05) is 19.7 Å². The summed E-state index contributed by atoms with van der Waals surface area (Å²) >= 11 is 0. The van der Waals surface area contributed by atoms with Crippen molar-refractivity contribution in [1.82, 2.24) is 9.88 Å². The van der Waals surface area contributed by atoms with Gasteiger partial charge in [-0.3, -0.25) is 9.88 Å². The summed E-state index contributed by atoms with van der Waals surface area (Å²) in [4.78, 5) is 6.98. The molecule has 0 aliphatic carbocycles. The van der Waals surface area contributed by atoms with Crippen molar-refractivity contribution in [1.29, 1.82) is 0 Å². The molecule has 2 bridgehead atoms. The van der Waals surface area contributed by atoms with Crippen LogP contribution < -0.4 is 4.74 Å². The first-order valence-electron chi connectivity index (χ1n) is 9.64. The number of aromatic nitrogens is 1. The van der Waals surface area contributed by atoms with Crippen LogP contribution in [0.2, 0.25) is 0 Å². The van der Waals surface area contributed by atoms with E-state index in [4.69, 9.17) is 4.74 Å². The molecule has 5 atom stereocenters. The smallest absolute Gasteiger partial charge is 0.120 e. The van der Waals surface area contributed by atoms with Crippen LogP contribution in [0.4, 0.5) is 0 Å². The molecule has 3 aliphatic heterocycles. The summed E-state index contributed by atoms with van der Waals surface area (Å²) in [6, 6.07) is 8.16. The van der Waals surface area contributed by atoms with Crippen molar-refractivity contribution in [3.05, 3.63) is 36.0 Å². The summed E-state index contributed by atoms with van der Waals surface area (Å²) in [6.07, 6.45) is 4.98. The van der Waals surface area contributed by atoms with Crippen molar-refractivity contribution in [2.24, 2.45) is 11.8 Å². The number of pyridine rings is 1. The quantitative estimate of drug-likeness (QED) is 0.899. The highest BCUT2D eigenvalue weighted by Gasteiger charge is 2.42. The van der Waals surface area contributed by atoms with E-state index in [0.717, 1.165) is 53.6 Å². The molecule has 2 aromatic rings. The van der Waals surface area contributed by atoms with Crippen molar-refractivity contribution >= 4 is 10.9 Å². The van der Waals surface area contributed by atoms with E-state index in [1.807, 2.05) is 37.4 Å². The van der Waals surface area contributed by atoms with E-state index >= 15 is 0 Å². The van der Waals surface area contributed by atoms with E-state index < -0.39 is 6.10 Å². The van der Waals surface area contributed by atoms with Gasteiger partial charge in [0.25, 0.3) is 0 Å². The van der Waals surface area contributed by atoms with Crippen LogP contribution in [0.1, 0.15) is 44.8 Å². The van der Waals surface area contributed by atoms with Crippen LogP contribution in [0.25, 0.3) is 10.9 Å². The zero-order valence-electron chi connectivity index (χ0n) is 15.2. The number of aliphatic hydroxyl groups excluding tert-OH is 1. The second-order valence-corrected chi connectivity index (χ2v) is 7.47. The normalized spacial score (nSPS) is 29.7. The van der Waals surface area contributed by atoms with Gasteiger partial charge in [-0.2, -0.15) is 0 Å². The minimum atomic E-state index is -0.469. The van der Waals surface area contributed by atoms with Crippen LogP contribution in [-0.4, -0.2) is 40.7 Å². The molecule has 25 heavy (non-hydrogen) atoms. The highest BCUT2D eigenvalue weighted by molar-refractivity contribution is 5.83. The Bertz CT molecular complexity index is 748. The molecule has 0 saturated carbocycles. The zero-order chi connectivity index (χ0) is 17.4. The lowest BCUT2D eigenvalue weighted by molar-refractivity contribution is -0.0562. The number of ether oxygens (including phenoxy) is 1. The van der Waals surface area contributed by atoms with Crippen molar-refractivity contribution in [3.63, 3.8) is 0 Å². The van der Waals surface area contributed by atoms with Gasteiger partial charge in [-0.15, -0.1) is 0 Å². The van der Waals surface area contributed by atoms with Crippen LogP contribution in [0.3, 0.4) is 0 Å². The predicted molar refractivity (Wildman–Crippen MR) is 99.7 cm³/mol. The standard InChI is InChI=1S/C21H28N2O2/c1-3-14-13-23-10-8-15(14)11-20(23)21(24)17-7-9-22-19-6-5-16(25-4-2)12-18(17)19/h5-7,9,12,14-15,20-21,24H,3-4,8,10-11,13H2,1-2H3/t14?,15?,20-,21?/m1/s1. The first-order chi connectivity index (χ1) is 12.2. The van der Waals surface area contributed by atoms with E-state index in [1.54, 1.807) is 0 Å². The summed E-state index contributed by atoms with van der Waals surface area (Å²) in [7, 11) is 0. The lowest BCUT2D eigenvalue weighted by Crippen LogP contribution is -2.55. The number of nitrogens with zero attached hydrogens (tertiary/aromatic N) is 2. The molecular weight excluding hydrogens is 312 g/mol. The van der Waals surface area contributed by atoms with E-state index in [0.29, 0.717) is 6.61 Å². The highest BCUT2D eigenvalue weighted by Crippen LogP contribution is 2.42. The Morgan fingerprint density at radius 2 is 2.20 bits per heavy atom. The average Bonchev–Trinajstić information content (AvgIpc) is 2.67. The Kier molecular flexibility index (Phi) is 4.65. The minimum absolute atomic E-state index is 0.225. The van der Waals surface area contributed by atoms with Gasteiger partial charge in [-0.25, -0.2) is 0 Å². The third kappa shape index (κ3) is 3.02. The maximum absolute atomic E-state index is 11.2. The lowest BCUT2D eigenvalue weighted by Gasteiger charge is -2.51. The van der Waals surface area contributed by atoms with Gasteiger partial charge in [0.05, 0.1) is 18.2 Å². The van der Waals surface area contributed by atoms with Crippen LogP contribution in [0.5, 0.6) is 5.75 Å². The summed E-state index contributed by atoms with van der Waals surface area (Å²) in [5.74, 6) is 2.41. The Balaban J connectivity index is 1.66. The van der Waals surface area contributed by atoms with Gasteiger partial charge in [-0.05, 0) is 68.0 Å². The van der Waals surface area contributed by atoms with Crippen molar-refractivity contribution in [2.45, 2.75) is 45.3 Å². The topological polar surface area (TPSA) is 45.6 Å². The molecule has 5 rings (SSSR count). The monoisotopic (exact) mass is 340 g/mol. The number of fused-ring (bicyclic) bond motifs is 4. The minimum Gasteiger partial charge on any atom is -0.494 e. The van der Waals surface area contributed by atoms with E-state index in [1.165, 1.54) is 12.8 Å². The fourth-order valence-corrected chi connectivity index (χ4v) is 4.84. The van der Waals surface area contributed by atoms with Crippen LogP contribution in [-0.2, 0) is 0 Å². The van der Waals surface area contributed by atoms with Crippen molar-refractivity contribution in [3.8, 4) is 5.75 Å². The largest absolute Gasteiger partial charge is 0.494 e. The van der Waals surface area contributed by atoms with E-state index in [-0.39, 0.29) is 6.04 Å². The summed E-state index contributed by atoms with van der Waals surface area (Å²) < 4.78 is 5.65. The van der Waals surface area contributed by atoms with Crippen LogP contribution in [0, 0.1) is 11.8 Å². The molecule has 1 aromatic heterocycles. The molecule has 0 spiro atoms. The number of benzene rings is 1. The molecular formula is C21H28N2O2. The van der Waals surface area contributed by atoms with Crippen molar-refractivity contribution < 1.29 is 9.84 Å². The molecule has 4 unspecified atom stereocenters. The number of hydrogen-bond acceptors (Lipinski definition) is 4. The number of rotatable bonds is 5. The first kappa shape index (κ1) is 16.8. The molecule has 1 N–H and O–H groups in total. The van der Waals surface area contributed by atoms with Gasteiger partial charge in [0.15, 0.2) is 0 Å². The van der Waals surface area contributed by atoms with Crippen LogP contribution in [0.15, 0.2) is 30.5 Å². The molecule has 1 aromatic carbocycles. The molecule has 3 saturated heterocycles. The molecule has 4 heterocycles. The van der Waals surface area contributed by atoms with Gasteiger partial charge >= 0.3 is 0 Å². The Morgan fingerprint density at radius 3 is 2.92 bits per heavy atom. The third-order valence-electron chi connectivity index (χ3n) is 6.20. The Morgan fingerprint density at radius 1 is 1.32 bits per heavy atom. The molecule has 0 radical (unpaired) electrons. The zero-order valence-corrected chi connectivity index (χ0v) is 15.2. The fourth-order valence-electron chi connectivity index (χ4n) is 4.84. The third-order valence-corrected chi connectivity index (χ3v) is 6.20. The molecule has 3 aliphatic rings. The number of hydrogen-bond donors (Lipinski definition) is 1. The maximum Gasteiger partial charge on any atom is 0.120 e. The lowest BCUT2D eigenvalue weighted by atomic mass is 9.72. The van der Waals surface area contributed by atoms with Gasteiger partial charge in [-0.1, -0.05) is 13.3 Å². The Hall–Kier alpha value is -1.65.